The van der Waals surface area contributed by atoms with Crippen LogP contribution in [0.1, 0.15) is 20.3 Å². The summed E-state index contributed by atoms with van der Waals surface area (Å²) >= 11 is 0. The molecule has 0 heterocycles. The first kappa shape index (κ1) is 10.6. The zero-order chi connectivity index (χ0) is 9.56. The van der Waals surface area contributed by atoms with Crippen LogP contribution in [-0.4, -0.2) is 11.9 Å². The first-order chi connectivity index (χ1) is 5.63. The molecule has 0 aliphatic heterocycles. The van der Waals surface area contributed by atoms with E-state index in [1.165, 1.54) is 0 Å². The van der Waals surface area contributed by atoms with Gasteiger partial charge in [-0.15, -0.1) is 5.53 Å². The highest BCUT2D eigenvalue weighted by molar-refractivity contribution is 5.80. The van der Waals surface area contributed by atoms with Crippen LogP contribution in [0.4, 0.5) is 0 Å². The first-order valence-electron chi connectivity index (χ1n) is 3.72. The molecule has 0 aliphatic carbocycles. The lowest BCUT2D eigenvalue weighted by Gasteiger charge is -2.14. The smallest absolute Gasteiger partial charge is 0.262 e. The van der Waals surface area contributed by atoms with E-state index in [0.29, 0.717) is 0 Å². The molecular weight excluding hydrogens is 158 g/mol. The standard InChI is InChI=1S/C6H13N5O/c1-3-4(2)5(6(7)12)9-11-10-8/h4-5,9H,3H2,1-2H3,(H2,7,12)/t4-,5-/m0/s1. The van der Waals surface area contributed by atoms with Crippen LogP contribution in [0, 0.1) is 5.92 Å². The van der Waals surface area contributed by atoms with E-state index in [1.807, 2.05) is 13.8 Å². The van der Waals surface area contributed by atoms with Crippen molar-refractivity contribution in [2.75, 3.05) is 0 Å². The highest BCUT2D eigenvalue weighted by Gasteiger charge is 2.23. The van der Waals surface area contributed by atoms with Gasteiger partial charge in [0.2, 0.25) is 0 Å². The second kappa shape index (κ2) is 5.26. The SMILES string of the molecule is CC[C@H](C)[C@H](NN=[N+]=[N-])C(N)=O. The van der Waals surface area contributed by atoms with Crippen molar-refractivity contribution in [2.24, 2.45) is 16.9 Å². The summed E-state index contributed by atoms with van der Waals surface area (Å²) in [5.74, 6) is -0.440. The average molecular weight is 171 g/mol. The summed E-state index contributed by atoms with van der Waals surface area (Å²) < 4.78 is 0. The molecule has 0 saturated heterocycles. The number of hydrogen-bond donors (Lipinski definition) is 2. The second-order valence-corrected chi connectivity index (χ2v) is 2.58. The van der Waals surface area contributed by atoms with E-state index in [0.717, 1.165) is 6.42 Å². The Balaban J connectivity index is 4.21. The van der Waals surface area contributed by atoms with Gasteiger partial charge in [0.1, 0.15) is 0 Å². The average Bonchev–Trinajstić information content (AvgIpc) is 2.04. The van der Waals surface area contributed by atoms with Crippen LogP contribution in [0.3, 0.4) is 0 Å². The third-order valence-corrected chi connectivity index (χ3v) is 1.76. The molecule has 0 aromatic carbocycles. The molecule has 0 saturated carbocycles. The lowest BCUT2D eigenvalue weighted by atomic mass is 9.99. The summed E-state index contributed by atoms with van der Waals surface area (Å²) in [5.41, 5.74) is 15.4. The van der Waals surface area contributed by atoms with E-state index in [-0.39, 0.29) is 5.92 Å². The summed E-state index contributed by atoms with van der Waals surface area (Å²) in [6.07, 6.45) is 0.793. The van der Waals surface area contributed by atoms with Gasteiger partial charge in [-0.1, -0.05) is 13.8 Å². The fourth-order valence-electron chi connectivity index (χ4n) is 0.795. The third-order valence-electron chi connectivity index (χ3n) is 1.76. The first-order valence-corrected chi connectivity index (χ1v) is 3.72. The maximum Gasteiger partial charge on any atom is 0.262 e. The quantitative estimate of drug-likeness (QED) is 0.275. The van der Waals surface area contributed by atoms with Gasteiger partial charge in [0.05, 0.1) is 0 Å². The Hall–Kier alpha value is -1.42. The largest absolute Gasteiger partial charge is 0.366 e. The number of hydrogen-bond acceptors (Lipinski definition) is 2. The summed E-state index contributed by atoms with van der Waals surface area (Å²) in [7, 11) is 0. The Morgan fingerprint density at radius 1 is 1.83 bits per heavy atom. The monoisotopic (exact) mass is 171 g/mol. The molecule has 12 heavy (non-hydrogen) atoms. The molecule has 0 aromatic heterocycles. The van der Waals surface area contributed by atoms with Crippen LogP contribution in [0.15, 0.2) is 5.22 Å². The zero-order valence-electron chi connectivity index (χ0n) is 7.19. The van der Waals surface area contributed by atoms with Crippen molar-refractivity contribution < 1.29 is 4.79 Å². The summed E-state index contributed by atoms with van der Waals surface area (Å²) in [5, 5.41) is 3.09. The Bertz CT molecular complexity index is 198. The molecule has 0 aromatic rings. The van der Waals surface area contributed by atoms with E-state index < -0.39 is 11.9 Å². The Morgan fingerprint density at radius 3 is 2.75 bits per heavy atom. The van der Waals surface area contributed by atoms with E-state index in [9.17, 15) is 4.79 Å². The molecule has 0 unspecified atom stereocenters. The number of primary amides is 1. The van der Waals surface area contributed by atoms with E-state index in [2.05, 4.69) is 15.6 Å². The normalized spacial score (nSPS) is 14.2. The number of azide groups is 1. The number of amides is 1. The summed E-state index contributed by atoms with van der Waals surface area (Å²) in [6, 6.07) is -0.578. The zero-order valence-corrected chi connectivity index (χ0v) is 7.19. The predicted molar refractivity (Wildman–Crippen MR) is 44.7 cm³/mol. The number of carbonyl (C=O) groups is 1. The van der Waals surface area contributed by atoms with Crippen molar-refractivity contribution in [3.05, 3.63) is 10.4 Å². The van der Waals surface area contributed by atoms with Gasteiger partial charge >= 0.3 is 0 Å². The number of nitrogens with zero attached hydrogens (tertiary/aromatic N) is 3. The molecule has 3 N–H and O–H groups in total. The van der Waals surface area contributed by atoms with Crippen molar-refractivity contribution >= 4 is 5.91 Å². The Kier molecular flexibility index (Phi) is 4.64. The van der Waals surface area contributed by atoms with Crippen LogP contribution in [0.5, 0.6) is 0 Å². The van der Waals surface area contributed by atoms with Crippen LogP contribution < -0.4 is 11.2 Å². The van der Waals surface area contributed by atoms with Crippen molar-refractivity contribution in [1.82, 2.24) is 5.43 Å². The maximum atomic E-state index is 10.8. The minimum absolute atomic E-state index is 0.0630. The van der Waals surface area contributed by atoms with Gasteiger partial charge in [-0.2, -0.15) is 4.91 Å². The highest BCUT2D eigenvalue weighted by atomic mass is 16.1. The van der Waals surface area contributed by atoms with Gasteiger partial charge in [0.15, 0.2) is 6.04 Å². The van der Waals surface area contributed by atoms with Crippen LogP contribution in [0.25, 0.3) is 10.4 Å². The molecule has 0 radical (unpaired) electrons. The summed E-state index contributed by atoms with van der Waals surface area (Å²) in [4.78, 5) is 13.3. The lowest BCUT2D eigenvalue weighted by Crippen LogP contribution is -2.43. The fourth-order valence-corrected chi connectivity index (χ4v) is 0.795. The van der Waals surface area contributed by atoms with E-state index in [4.69, 9.17) is 11.3 Å². The topological polar surface area (TPSA) is 104 Å². The van der Waals surface area contributed by atoms with Crippen molar-refractivity contribution in [3.8, 4) is 0 Å². The van der Waals surface area contributed by atoms with Crippen molar-refractivity contribution in [1.29, 1.82) is 0 Å². The minimum atomic E-state index is -0.578. The molecule has 0 bridgehead atoms. The predicted octanol–water partition coefficient (Wildman–Crippen LogP) is 0.701. The molecule has 0 aliphatic rings. The second-order valence-electron chi connectivity index (χ2n) is 2.58. The van der Waals surface area contributed by atoms with Gasteiger partial charge in [0, 0.05) is 5.92 Å². The molecule has 6 heteroatoms. The lowest BCUT2D eigenvalue weighted by molar-refractivity contribution is -0.121. The molecule has 68 valence electrons. The third kappa shape index (κ3) is 3.12. The number of nitrogens with one attached hydrogen (secondary N) is 1. The molecule has 6 nitrogen and oxygen atoms in total. The maximum absolute atomic E-state index is 10.8. The minimum Gasteiger partial charge on any atom is -0.366 e. The van der Waals surface area contributed by atoms with Gasteiger partial charge < -0.3 is 5.73 Å². The number of nitrogens with two attached hydrogens (primary N) is 1. The van der Waals surface area contributed by atoms with Crippen LogP contribution in [0.2, 0.25) is 0 Å². The highest BCUT2D eigenvalue weighted by Crippen LogP contribution is 2.06. The Morgan fingerprint density at radius 2 is 2.42 bits per heavy atom. The molecule has 0 spiro atoms. The molecule has 2 atom stereocenters. The fraction of sp³-hybridized carbons (Fsp3) is 0.833. The van der Waals surface area contributed by atoms with Crippen molar-refractivity contribution in [3.63, 3.8) is 0 Å². The van der Waals surface area contributed by atoms with Crippen molar-refractivity contribution in [2.45, 2.75) is 26.3 Å². The molecule has 0 rings (SSSR count). The van der Waals surface area contributed by atoms with Gasteiger partial charge in [-0.05, 0) is 11.6 Å². The van der Waals surface area contributed by atoms with E-state index in [1.54, 1.807) is 0 Å². The van der Waals surface area contributed by atoms with Gasteiger partial charge in [0.25, 0.3) is 5.91 Å². The molecule has 1 amide bonds. The van der Waals surface area contributed by atoms with Gasteiger partial charge in [-0.3, -0.25) is 4.79 Å². The Labute approximate surface area is 70.7 Å². The number of carbonyl (C=O) groups excluding carboxylic acids is 1. The molecule has 0 fully saturated rings. The van der Waals surface area contributed by atoms with Crippen LogP contribution >= 0.6 is 0 Å². The van der Waals surface area contributed by atoms with E-state index >= 15 is 0 Å². The summed E-state index contributed by atoms with van der Waals surface area (Å²) in [6.45, 7) is 3.79. The molecular formula is C6H13N5O. The van der Waals surface area contributed by atoms with Crippen LogP contribution in [-0.2, 0) is 4.79 Å². The van der Waals surface area contributed by atoms with Gasteiger partial charge in [-0.25, -0.2) is 5.43 Å². The number of rotatable bonds is 5.